The summed E-state index contributed by atoms with van der Waals surface area (Å²) in [6.45, 7) is 16.4. The Bertz CT molecular complexity index is 2410. The number of rotatable bonds is 14. The highest BCUT2D eigenvalue weighted by Gasteiger charge is 2.44. The molecule has 7 rings (SSSR count). The molecule has 1 saturated heterocycles. The second kappa shape index (κ2) is 18.4. The third kappa shape index (κ3) is 9.62. The Hall–Kier alpha value is -5.29. The lowest BCUT2D eigenvalue weighted by Gasteiger charge is -2.35. The average Bonchev–Trinajstić information content (AvgIpc) is 4.00. The molecule has 2 aromatic carbocycles. The number of amides is 3. The molecule has 3 aromatic heterocycles. The van der Waals surface area contributed by atoms with E-state index in [2.05, 4.69) is 44.2 Å². The van der Waals surface area contributed by atoms with E-state index in [1.165, 1.54) is 15.3 Å². The predicted molar refractivity (Wildman–Crippen MR) is 237 cm³/mol. The van der Waals surface area contributed by atoms with Crippen LogP contribution in [0.5, 0.6) is 5.75 Å². The number of fused-ring (bicyclic) bond motifs is 3. The van der Waals surface area contributed by atoms with Gasteiger partial charge in [-0.15, -0.1) is 32.9 Å². The molecule has 322 valence electrons. The molecule has 5 heterocycles. The van der Waals surface area contributed by atoms with Crippen LogP contribution in [0.15, 0.2) is 59.0 Å². The summed E-state index contributed by atoms with van der Waals surface area (Å²) in [7, 11) is 0. The fourth-order valence-corrected chi connectivity index (χ4v) is 9.71. The van der Waals surface area contributed by atoms with E-state index in [0.29, 0.717) is 18.8 Å². The number of benzene rings is 2. The lowest BCUT2D eigenvalue weighted by Crippen LogP contribution is -2.58. The Kier molecular flexibility index (Phi) is 13.2. The number of nitrogens with zero attached hydrogens (tertiary/aromatic N) is 6. The van der Waals surface area contributed by atoms with E-state index in [4.69, 9.17) is 14.5 Å². The smallest absolute Gasteiger partial charge is 0.246 e. The number of ether oxygens (including phenoxy) is 2. The van der Waals surface area contributed by atoms with Crippen molar-refractivity contribution in [2.24, 2.45) is 10.4 Å². The molecule has 2 aliphatic rings. The van der Waals surface area contributed by atoms with Gasteiger partial charge in [0.1, 0.15) is 41.3 Å². The van der Waals surface area contributed by atoms with Crippen LogP contribution in [0, 0.1) is 33.1 Å². The number of nitrogens with one attached hydrogen (secondary N) is 2. The number of β-amino-alcohol motifs (C(OH)–C–C–N with tert-alkyl or cyclic N) is 1. The zero-order chi connectivity index (χ0) is 43.6. The average molecular weight is 867 g/mol. The molecule has 0 aliphatic carbocycles. The highest BCUT2D eigenvalue weighted by Crippen LogP contribution is 2.39. The van der Waals surface area contributed by atoms with E-state index in [-0.39, 0.29) is 44.7 Å². The highest BCUT2D eigenvalue weighted by atomic mass is 32.1. The molecule has 14 nitrogen and oxygen atoms in total. The Morgan fingerprint density at radius 2 is 1.70 bits per heavy atom. The predicted octanol–water partition coefficient (Wildman–Crippen LogP) is 6.19. The van der Waals surface area contributed by atoms with Gasteiger partial charge in [-0.25, -0.2) is 4.98 Å². The minimum Gasteiger partial charge on any atom is -0.494 e. The van der Waals surface area contributed by atoms with Crippen molar-refractivity contribution in [3.8, 4) is 21.2 Å². The Labute approximate surface area is 364 Å². The van der Waals surface area contributed by atoms with Gasteiger partial charge >= 0.3 is 0 Å². The molecule has 5 aromatic rings. The maximum Gasteiger partial charge on any atom is 0.246 e. The summed E-state index contributed by atoms with van der Waals surface area (Å²) in [5.74, 6) is 1.13. The standard InChI is InChI=1S/C45H54N8O6S2/c1-25-28(4)61-44-37(25)38(48-27(3)41-51-50-29(5)53(41)44)31-14-16-34(17-15-31)59-19-9-18-58-23-36(55)49-40(45(6,7)8)43(57)52-22-33(54)20-35(52)42(56)46-21-30-10-12-32(13-11-30)39-26(2)47-24-60-39/h10-17,24,27,33,35,40,54H,9,18-23H2,1-8H3,(H,46,56)(H,49,55)/t27-,33+,35-,40?/m0/s1. The number of thiophene rings is 1. The Balaban J connectivity index is 0.875. The number of carbonyl (C=O) groups is 3. The van der Waals surface area contributed by atoms with Crippen molar-refractivity contribution < 1.29 is 29.0 Å². The van der Waals surface area contributed by atoms with Gasteiger partial charge < -0.3 is 30.1 Å². The number of aliphatic hydroxyl groups excluding tert-OH is 1. The SMILES string of the molecule is Cc1ncsc1-c1ccc(CNC(=O)[C@@H]2C[C@@H](O)CN2C(=O)C(NC(=O)COCCCOc2ccc(C3=N[C@@H](C)c4nnc(C)n4-c4sc(C)c(C)c43)cc2)C(C)(C)C)cc1. The lowest BCUT2D eigenvalue weighted by atomic mass is 9.85. The zero-order valence-corrected chi connectivity index (χ0v) is 37.6. The number of aliphatic imine (C=N–C) groups is 1. The van der Waals surface area contributed by atoms with Crippen molar-refractivity contribution in [2.45, 2.75) is 99.0 Å². The van der Waals surface area contributed by atoms with Crippen LogP contribution in [0.3, 0.4) is 0 Å². The number of hydrogen-bond donors (Lipinski definition) is 3. The van der Waals surface area contributed by atoms with E-state index in [0.717, 1.165) is 55.2 Å². The first-order valence-corrected chi connectivity index (χ1v) is 22.3. The van der Waals surface area contributed by atoms with Gasteiger partial charge in [-0.05, 0) is 81.0 Å². The van der Waals surface area contributed by atoms with Crippen LogP contribution in [-0.4, -0.2) is 97.7 Å². The second-order valence-corrected chi connectivity index (χ2v) is 18.8. The number of thiazole rings is 1. The summed E-state index contributed by atoms with van der Waals surface area (Å²) in [4.78, 5) is 53.7. The van der Waals surface area contributed by atoms with Crippen molar-refractivity contribution in [1.29, 1.82) is 0 Å². The molecule has 2 aliphatic heterocycles. The molecule has 0 spiro atoms. The van der Waals surface area contributed by atoms with Gasteiger partial charge in [-0.2, -0.15) is 0 Å². The van der Waals surface area contributed by atoms with Crippen molar-refractivity contribution in [2.75, 3.05) is 26.4 Å². The van der Waals surface area contributed by atoms with E-state index < -0.39 is 35.4 Å². The minimum absolute atomic E-state index is 0.00527. The van der Waals surface area contributed by atoms with Crippen LogP contribution in [0.2, 0.25) is 0 Å². The van der Waals surface area contributed by atoms with Crippen LogP contribution in [0.4, 0.5) is 0 Å². The van der Waals surface area contributed by atoms with Gasteiger partial charge in [-0.1, -0.05) is 45.0 Å². The number of aliphatic hydroxyl groups is 1. The summed E-state index contributed by atoms with van der Waals surface area (Å²) in [6, 6.07) is 13.8. The van der Waals surface area contributed by atoms with E-state index in [9.17, 15) is 19.5 Å². The van der Waals surface area contributed by atoms with Gasteiger partial charge in [0.2, 0.25) is 17.7 Å². The fourth-order valence-electron chi connectivity index (χ4n) is 7.69. The molecule has 3 N–H and O–H groups in total. The number of likely N-dealkylation sites (tertiary alicyclic amines) is 1. The molecule has 4 atom stereocenters. The first kappa shape index (κ1) is 43.8. The Morgan fingerprint density at radius 1 is 0.984 bits per heavy atom. The number of aryl methyl sites for hydroxylation is 3. The summed E-state index contributed by atoms with van der Waals surface area (Å²) in [5.41, 5.74) is 8.25. The van der Waals surface area contributed by atoms with Crippen molar-refractivity contribution >= 4 is 46.1 Å². The van der Waals surface area contributed by atoms with Crippen LogP contribution >= 0.6 is 22.7 Å². The number of aromatic nitrogens is 4. The summed E-state index contributed by atoms with van der Waals surface area (Å²) in [5, 5.41) is 26.2. The van der Waals surface area contributed by atoms with Crippen LogP contribution in [0.25, 0.3) is 15.4 Å². The van der Waals surface area contributed by atoms with Crippen molar-refractivity contribution in [1.82, 2.24) is 35.3 Å². The van der Waals surface area contributed by atoms with Gasteiger partial charge in [0.25, 0.3) is 0 Å². The molecule has 16 heteroatoms. The fraction of sp³-hybridized carbons (Fsp3) is 0.444. The first-order valence-electron chi connectivity index (χ1n) is 20.6. The number of hydrogen-bond acceptors (Lipinski definition) is 12. The molecular weight excluding hydrogens is 813 g/mol. The van der Waals surface area contributed by atoms with E-state index in [1.807, 2.05) is 95.6 Å². The molecule has 0 bridgehead atoms. The van der Waals surface area contributed by atoms with Crippen molar-refractivity contribution in [3.63, 3.8) is 0 Å². The van der Waals surface area contributed by atoms with Crippen LogP contribution in [-0.2, 0) is 25.7 Å². The molecule has 1 fully saturated rings. The summed E-state index contributed by atoms with van der Waals surface area (Å²) < 4.78 is 13.8. The summed E-state index contributed by atoms with van der Waals surface area (Å²) in [6.07, 6.45) is -0.219. The van der Waals surface area contributed by atoms with Crippen LogP contribution in [0.1, 0.15) is 91.1 Å². The van der Waals surface area contributed by atoms with Gasteiger partial charge in [0.15, 0.2) is 5.82 Å². The minimum atomic E-state index is -0.950. The Morgan fingerprint density at radius 3 is 2.39 bits per heavy atom. The number of carbonyl (C=O) groups excluding carboxylic acids is 3. The van der Waals surface area contributed by atoms with Gasteiger partial charge in [0, 0.05) is 41.9 Å². The maximum absolute atomic E-state index is 14.0. The molecule has 1 unspecified atom stereocenters. The summed E-state index contributed by atoms with van der Waals surface area (Å²) >= 11 is 3.31. The molecule has 0 radical (unpaired) electrons. The zero-order valence-electron chi connectivity index (χ0n) is 35.9. The van der Waals surface area contributed by atoms with E-state index >= 15 is 0 Å². The molecule has 3 amide bonds. The second-order valence-electron chi connectivity index (χ2n) is 16.8. The highest BCUT2D eigenvalue weighted by molar-refractivity contribution is 7.15. The third-order valence-electron chi connectivity index (χ3n) is 11.1. The molecular formula is C45H54N8O6S2. The van der Waals surface area contributed by atoms with Crippen LogP contribution < -0.4 is 15.4 Å². The topological polar surface area (TPSA) is 173 Å². The van der Waals surface area contributed by atoms with E-state index in [1.54, 1.807) is 22.7 Å². The quantitative estimate of drug-likeness (QED) is 0.110. The van der Waals surface area contributed by atoms with Gasteiger partial charge in [0.05, 0.1) is 41.1 Å². The third-order valence-corrected chi connectivity index (χ3v) is 13.3. The monoisotopic (exact) mass is 866 g/mol. The first-order chi connectivity index (χ1) is 29.1. The molecule has 0 saturated carbocycles. The van der Waals surface area contributed by atoms with Crippen molar-refractivity contribution in [3.05, 3.63) is 98.5 Å². The van der Waals surface area contributed by atoms with Gasteiger partial charge in [-0.3, -0.25) is 23.9 Å². The largest absolute Gasteiger partial charge is 0.494 e. The normalized spacial score (nSPS) is 17.9. The molecule has 61 heavy (non-hydrogen) atoms. The lowest BCUT2D eigenvalue weighted by molar-refractivity contribution is -0.144. The maximum atomic E-state index is 14.0.